The van der Waals surface area contributed by atoms with E-state index in [1.807, 2.05) is 35.8 Å². The van der Waals surface area contributed by atoms with Crippen molar-refractivity contribution in [1.82, 2.24) is 9.55 Å². The Morgan fingerprint density at radius 3 is 2.82 bits per heavy atom. The molecule has 2 aromatic rings. The van der Waals surface area contributed by atoms with Gasteiger partial charge in [0.2, 0.25) is 0 Å². The van der Waals surface area contributed by atoms with Gasteiger partial charge < -0.3 is 15.4 Å². The Labute approximate surface area is 98.9 Å². The number of para-hydroxylation sites is 2. The van der Waals surface area contributed by atoms with Gasteiger partial charge in [0.15, 0.2) is 0 Å². The van der Waals surface area contributed by atoms with Gasteiger partial charge in [-0.05, 0) is 26.0 Å². The van der Waals surface area contributed by atoms with E-state index in [9.17, 15) is 4.79 Å². The van der Waals surface area contributed by atoms with Crippen molar-refractivity contribution >= 4 is 17.0 Å². The highest BCUT2D eigenvalue weighted by atomic mass is 16.4. The van der Waals surface area contributed by atoms with Crippen LogP contribution in [0.5, 0.6) is 0 Å². The highest BCUT2D eigenvalue weighted by Crippen LogP contribution is 2.17. The van der Waals surface area contributed by atoms with Gasteiger partial charge in [0.25, 0.3) is 0 Å². The molecule has 0 aliphatic carbocycles. The highest BCUT2D eigenvalue weighted by Gasteiger charge is 2.29. The maximum atomic E-state index is 11.0. The van der Waals surface area contributed by atoms with Crippen LogP contribution in [0.4, 0.5) is 0 Å². The Balaban J connectivity index is 2.49. The molecule has 5 heteroatoms. The summed E-state index contributed by atoms with van der Waals surface area (Å²) in [5.41, 5.74) is 6.22. The number of carboxylic acids is 1. The first kappa shape index (κ1) is 11.6. The first-order chi connectivity index (χ1) is 7.92. The second-order valence-corrected chi connectivity index (χ2v) is 4.46. The van der Waals surface area contributed by atoms with Gasteiger partial charge in [-0.15, -0.1) is 0 Å². The summed E-state index contributed by atoms with van der Waals surface area (Å²) in [5.74, 6) is -0.251. The van der Waals surface area contributed by atoms with Crippen LogP contribution in [0.1, 0.15) is 12.7 Å². The van der Waals surface area contributed by atoms with Crippen molar-refractivity contribution in [3.8, 4) is 0 Å². The lowest BCUT2D eigenvalue weighted by atomic mass is 10.0. The molecule has 17 heavy (non-hydrogen) atoms. The molecule has 0 saturated carbocycles. The first-order valence-corrected chi connectivity index (χ1v) is 5.36. The number of rotatable bonds is 3. The van der Waals surface area contributed by atoms with Crippen LogP contribution in [0, 0.1) is 6.92 Å². The lowest BCUT2D eigenvalue weighted by molar-refractivity contribution is -0.143. The van der Waals surface area contributed by atoms with Gasteiger partial charge in [-0.3, -0.25) is 4.79 Å². The van der Waals surface area contributed by atoms with Crippen molar-refractivity contribution in [2.24, 2.45) is 5.73 Å². The highest BCUT2D eigenvalue weighted by molar-refractivity contribution is 5.79. The molecule has 0 aliphatic heterocycles. The van der Waals surface area contributed by atoms with Crippen LogP contribution in [-0.2, 0) is 11.3 Å². The minimum Gasteiger partial charge on any atom is -0.480 e. The summed E-state index contributed by atoms with van der Waals surface area (Å²) in [5, 5.41) is 9.04. The van der Waals surface area contributed by atoms with Crippen LogP contribution in [0.15, 0.2) is 24.3 Å². The molecule has 0 aliphatic rings. The number of nitrogens with two attached hydrogens (primary N) is 1. The van der Waals surface area contributed by atoms with E-state index in [-0.39, 0.29) is 6.54 Å². The third kappa shape index (κ3) is 2.01. The second-order valence-electron chi connectivity index (χ2n) is 4.46. The molecule has 0 saturated heterocycles. The SMILES string of the molecule is Cc1nc2ccccc2n1CC(C)(N)C(=O)O. The zero-order valence-corrected chi connectivity index (χ0v) is 9.84. The van der Waals surface area contributed by atoms with E-state index in [0.717, 1.165) is 16.9 Å². The van der Waals surface area contributed by atoms with Crippen LogP contribution in [0.3, 0.4) is 0 Å². The number of aliphatic carboxylic acids is 1. The monoisotopic (exact) mass is 233 g/mol. The zero-order chi connectivity index (χ0) is 12.6. The standard InChI is InChI=1S/C12H15N3O2/c1-8-14-9-5-3-4-6-10(9)15(8)7-12(2,13)11(16)17/h3-6H,7,13H2,1-2H3,(H,16,17). The number of carbonyl (C=O) groups is 1. The summed E-state index contributed by atoms with van der Waals surface area (Å²) in [7, 11) is 0. The molecule has 90 valence electrons. The number of hydrogen-bond acceptors (Lipinski definition) is 3. The van der Waals surface area contributed by atoms with E-state index in [1.165, 1.54) is 6.92 Å². The zero-order valence-electron chi connectivity index (χ0n) is 9.84. The largest absolute Gasteiger partial charge is 0.480 e. The van der Waals surface area contributed by atoms with E-state index in [0.29, 0.717) is 0 Å². The Bertz CT molecular complexity index is 572. The number of carboxylic acid groups (broad SMARTS) is 1. The lowest BCUT2D eigenvalue weighted by Crippen LogP contribution is -2.48. The van der Waals surface area contributed by atoms with E-state index < -0.39 is 11.5 Å². The van der Waals surface area contributed by atoms with Crippen LogP contribution >= 0.6 is 0 Å². The molecular formula is C12H15N3O2. The molecular weight excluding hydrogens is 218 g/mol. The molecule has 0 amide bonds. The minimum absolute atomic E-state index is 0.203. The number of aryl methyl sites for hydroxylation is 1. The van der Waals surface area contributed by atoms with Gasteiger partial charge in [-0.25, -0.2) is 4.98 Å². The van der Waals surface area contributed by atoms with Crippen molar-refractivity contribution < 1.29 is 9.90 Å². The van der Waals surface area contributed by atoms with Crippen LogP contribution in [-0.4, -0.2) is 26.2 Å². The third-order valence-electron chi connectivity index (χ3n) is 2.82. The number of hydrogen-bond donors (Lipinski definition) is 2. The summed E-state index contributed by atoms with van der Waals surface area (Å²) in [6.07, 6.45) is 0. The van der Waals surface area contributed by atoms with Crippen LogP contribution in [0.2, 0.25) is 0 Å². The molecule has 2 rings (SSSR count). The van der Waals surface area contributed by atoms with E-state index in [2.05, 4.69) is 4.98 Å². The van der Waals surface area contributed by atoms with Crippen LogP contribution in [0.25, 0.3) is 11.0 Å². The fourth-order valence-electron chi connectivity index (χ4n) is 1.79. The molecule has 3 N–H and O–H groups in total. The Morgan fingerprint density at radius 2 is 2.18 bits per heavy atom. The maximum absolute atomic E-state index is 11.0. The quantitative estimate of drug-likeness (QED) is 0.833. The van der Waals surface area contributed by atoms with Crippen molar-refractivity contribution in [3.05, 3.63) is 30.1 Å². The first-order valence-electron chi connectivity index (χ1n) is 5.36. The molecule has 1 aromatic carbocycles. The molecule has 5 nitrogen and oxygen atoms in total. The molecule has 0 fully saturated rings. The number of aromatic nitrogens is 2. The number of imidazole rings is 1. The van der Waals surface area contributed by atoms with Crippen molar-refractivity contribution in [2.45, 2.75) is 25.9 Å². The predicted octanol–water partition coefficient (Wildman–Crippen LogP) is 1.15. The Morgan fingerprint density at radius 1 is 1.53 bits per heavy atom. The lowest BCUT2D eigenvalue weighted by Gasteiger charge is -2.21. The summed E-state index contributed by atoms with van der Waals surface area (Å²) in [6, 6.07) is 7.60. The van der Waals surface area contributed by atoms with Crippen molar-refractivity contribution in [3.63, 3.8) is 0 Å². The number of nitrogens with zero attached hydrogens (tertiary/aromatic N) is 2. The van der Waals surface area contributed by atoms with Gasteiger partial charge >= 0.3 is 5.97 Å². The molecule has 1 unspecified atom stereocenters. The maximum Gasteiger partial charge on any atom is 0.325 e. The molecule has 1 atom stereocenters. The van der Waals surface area contributed by atoms with Gasteiger partial charge in [-0.2, -0.15) is 0 Å². The van der Waals surface area contributed by atoms with Gasteiger partial charge in [0.1, 0.15) is 11.4 Å². The van der Waals surface area contributed by atoms with Crippen molar-refractivity contribution in [2.75, 3.05) is 0 Å². The molecule has 0 radical (unpaired) electrons. The van der Waals surface area contributed by atoms with E-state index in [1.54, 1.807) is 0 Å². The Hall–Kier alpha value is -1.88. The van der Waals surface area contributed by atoms with Crippen LogP contribution < -0.4 is 5.73 Å². The fraction of sp³-hybridized carbons (Fsp3) is 0.333. The molecule has 0 bridgehead atoms. The Kier molecular flexibility index (Phi) is 2.63. The minimum atomic E-state index is -1.30. The number of benzene rings is 1. The number of fused-ring (bicyclic) bond motifs is 1. The normalized spacial score (nSPS) is 14.8. The summed E-state index contributed by atoms with van der Waals surface area (Å²) in [4.78, 5) is 15.4. The van der Waals surface area contributed by atoms with Crippen molar-refractivity contribution in [1.29, 1.82) is 0 Å². The molecule has 1 heterocycles. The topological polar surface area (TPSA) is 81.1 Å². The van der Waals surface area contributed by atoms with Gasteiger partial charge in [0.05, 0.1) is 17.6 Å². The summed E-state index contributed by atoms with van der Waals surface area (Å²) >= 11 is 0. The predicted molar refractivity (Wildman–Crippen MR) is 64.7 cm³/mol. The second kappa shape index (κ2) is 3.85. The molecule has 1 aromatic heterocycles. The average Bonchev–Trinajstić information content (AvgIpc) is 2.55. The molecule has 0 spiro atoms. The average molecular weight is 233 g/mol. The van der Waals surface area contributed by atoms with E-state index >= 15 is 0 Å². The van der Waals surface area contributed by atoms with Gasteiger partial charge in [-0.1, -0.05) is 12.1 Å². The van der Waals surface area contributed by atoms with Gasteiger partial charge in [0, 0.05) is 0 Å². The fourth-order valence-corrected chi connectivity index (χ4v) is 1.79. The van der Waals surface area contributed by atoms with E-state index in [4.69, 9.17) is 10.8 Å². The summed E-state index contributed by atoms with van der Waals surface area (Å²) < 4.78 is 1.84. The smallest absolute Gasteiger partial charge is 0.325 e. The third-order valence-corrected chi connectivity index (χ3v) is 2.82. The summed E-state index contributed by atoms with van der Waals surface area (Å²) in [6.45, 7) is 3.55.